The van der Waals surface area contributed by atoms with Crippen molar-refractivity contribution in [1.82, 2.24) is 10.2 Å². The fourth-order valence-corrected chi connectivity index (χ4v) is 3.58. The highest BCUT2D eigenvalue weighted by Gasteiger charge is 2.47. The largest absolute Gasteiger partial charge is 0.311 e. The zero-order chi connectivity index (χ0) is 14.0. The van der Waals surface area contributed by atoms with Gasteiger partial charge in [-0.2, -0.15) is 0 Å². The van der Waals surface area contributed by atoms with Gasteiger partial charge in [-0.25, -0.2) is 0 Å². The van der Waals surface area contributed by atoms with Gasteiger partial charge in [-0.1, -0.05) is 36.4 Å². The highest BCUT2D eigenvalue weighted by Crippen LogP contribution is 2.44. The zero-order valence-electron chi connectivity index (χ0n) is 12.5. The lowest BCUT2D eigenvalue weighted by Crippen LogP contribution is -2.64. The number of benzene rings is 1. The number of piperazine rings is 1. The van der Waals surface area contributed by atoms with Crippen LogP contribution >= 0.6 is 0 Å². The summed E-state index contributed by atoms with van der Waals surface area (Å²) in [5.41, 5.74) is 1.76. The molecule has 1 aliphatic heterocycles. The van der Waals surface area contributed by atoms with Crippen LogP contribution in [0.3, 0.4) is 0 Å². The van der Waals surface area contributed by atoms with Crippen LogP contribution in [0.2, 0.25) is 0 Å². The standard InChI is InChI=1S/C18H26N2/c1-3-11-20-13-17(12-15-7-5-4-6-8-15)19-14-18(20,2)16-9-10-16/h3-8,16-17,19H,1,9-14H2,2H3. The van der Waals surface area contributed by atoms with Crippen LogP contribution in [0, 0.1) is 5.92 Å². The van der Waals surface area contributed by atoms with Gasteiger partial charge in [0, 0.05) is 31.2 Å². The summed E-state index contributed by atoms with van der Waals surface area (Å²) >= 11 is 0. The summed E-state index contributed by atoms with van der Waals surface area (Å²) in [5, 5.41) is 3.79. The molecule has 1 aromatic carbocycles. The van der Waals surface area contributed by atoms with Crippen molar-refractivity contribution in [3.8, 4) is 0 Å². The number of rotatable bonds is 5. The molecule has 0 spiro atoms. The van der Waals surface area contributed by atoms with Gasteiger partial charge in [0.15, 0.2) is 0 Å². The lowest BCUT2D eigenvalue weighted by atomic mass is 9.88. The quantitative estimate of drug-likeness (QED) is 0.828. The predicted molar refractivity (Wildman–Crippen MR) is 84.8 cm³/mol. The zero-order valence-corrected chi connectivity index (χ0v) is 12.5. The molecule has 0 aromatic heterocycles. The summed E-state index contributed by atoms with van der Waals surface area (Å²) < 4.78 is 0. The van der Waals surface area contributed by atoms with Gasteiger partial charge in [0.2, 0.25) is 0 Å². The summed E-state index contributed by atoms with van der Waals surface area (Å²) in [5.74, 6) is 0.882. The summed E-state index contributed by atoms with van der Waals surface area (Å²) in [6.07, 6.45) is 5.98. The maximum absolute atomic E-state index is 3.95. The van der Waals surface area contributed by atoms with Crippen LogP contribution in [0.1, 0.15) is 25.3 Å². The predicted octanol–water partition coefficient (Wildman–Crippen LogP) is 2.86. The molecule has 2 atom stereocenters. The van der Waals surface area contributed by atoms with Gasteiger partial charge in [-0.05, 0) is 37.7 Å². The van der Waals surface area contributed by atoms with E-state index in [2.05, 4.69) is 60.1 Å². The number of hydrogen-bond acceptors (Lipinski definition) is 2. The third-order valence-corrected chi connectivity index (χ3v) is 5.04. The van der Waals surface area contributed by atoms with E-state index >= 15 is 0 Å². The molecular formula is C18H26N2. The van der Waals surface area contributed by atoms with Gasteiger partial charge in [-0.3, -0.25) is 4.90 Å². The maximum Gasteiger partial charge on any atom is 0.0337 e. The Hall–Kier alpha value is -1.12. The Balaban J connectivity index is 1.67. The first kappa shape index (κ1) is 13.8. The fourth-order valence-electron chi connectivity index (χ4n) is 3.58. The van der Waals surface area contributed by atoms with Gasteiger partial charge in [0.25, 0.3) is 0 Å². The molecule has 1 aliphatic carbocycles. The van der Waals surface area contributed by atoms with E-state index < -0.39 is 0 Å². The van der Waals surface area contributed by atoms with Crippen LogP contribution in [-0.4, -0.2) is 36.1 Å². The second-order valence-electron chi connectivity index (χ2n) is 6.59. The van der Waals surface area contributed by atoms with Crippen LogP contribution in [0.5, 0.6) is 0 Å². The molecule has 2 unspecified atom stereocenters. The van der Waals surface area contributed by atoms with Crippen LogP contribution in [0.4, 0.5) is 0 Å². The number of nitrogens with one attached hydrogen (secondary N) is 1. The molecule has 20 heavy (non-hydrogen) atoms. The van der Waals surface area contributed by atoms with Crippen molar-refractivity contribution in [2.75, 3.05) is 19.6 Å². The number of nitrogens with zero attached hydrogens (tertiary/aromatic N) is 1. The lowest BCUT2D eigenvalue weighted by molar-refractivity contribution is 0.0459. The monoisotopic (exact) mass is 270 g/mol. The van der Waals surface area contributed by atoms with E-state index in [0.29, 0.717) is 11.6 Å². The first-order valence-corrected chi connectivity index (χ1v) is 7.85. The molecule has 2 nitrogen and oxygen atoms in total. The van der Waals surface area contributed by atoms with Gasteiger partial charge in [0.05, 0.1) is 0 Å². The van der Waals surface area contributed by atoms with Crippen molar-refractivity contribution in [2.24, 2.45) is 5.92 Å². The van der Waals surface area contributed by atoms with Crippen molar-refractivity contribution in [2.45, 2.75) is 37.8 Å². The molecule has 1 aromatic rings. The van der Waals surface area contributed by atoms with E-state index in [1.54, 1.807) is 0 Å². The van der Waals surface area contributed by atoms with Crippen LogP contribution < -0.4 is 5.32 Å². The molecule has 3 rings (SSSR count). The van der Waals surface area contributed by atoms with E-state index in [0.717, 1.165) is 32.0 Å². The highest BCUT2D eigenvalue weighted by molar-refractivity contribution is 5.17. The van der Waals surface area contributed by atoms with E-state index in [9.17, 15) is 0 Å². The summed E-state index contributed by atoms with van der Waals surface area (Å²) in [6.45, 7) is 9.64. The Morgan fingerprint density at radius 3 is 2.75 bits per heavy atom. The van der Waals surface area contributed by atoms with E-state index in [1.165, 1.54) is 18.4 Å². The Labute approximate surface area is 122 Å². The molecule has 1 N–H and O–H groups in total. The van der Waals surface area contributed by atoms with Crippen molar-refractivity contribution in [3.05, 3.63) is 48.6 Å². The molecule has 1 heterocycles. The van der Waals surface area contributed by atoms with Crippen LogP contribution in [0.25, 0.3) is 0 Å². The Morgan fingerprint density at radius 1 is 1.35 bits per heavy atom. The average molecular weight is 270 g/mol. The van der Waals surface area contributed by atoms with Crippen LogP contribution in [-0.2, 0) is 6.42 Å². The van der Waals surface area contributed by atoms with Crippen molar-refractivity contribution < 1.29 is 0 Å². The number of hydrogen-bond donors (Lipinski definition) is 1. The first-order chi connectivity index (χ1) is 9.72. The third-order valence-electron chi connectivity index (χ3n) is 5.04. The summed E-state index contributed by atoms with van der Waals surface area (Å²) in [7, 11) is 0. The highest BCUT2D eigenvalue weighted by atomic mass is 15.3. The van der Waals surface area contributed by atoms with Gasteiger partial charge >= 0.3 is 0 Å². The maximum atomic E-state index is 3.95. The molecule has 0 radical (unpaired) electrons. The molecule has 2 aliphatic rings. The molecule has 1 saturated heterocycles. The van der Waals surface area contributed by atoms with Gasteiger partial charge in [-0.15, -0.1) is 6.58 Å². The van der Waals surface area contributed by atoms with E-state index in [1.807, 2.05) is 0 Å². The summed E-state index contributed by atoms with van der Waals surface area (Å²) in [6, 6.07) is 11.4. The first-order valence-electron chi connectivity index (χ1n) is 7.85. The van der Waals surface area contributed by atoms with Gasteiger partial charge in [0.1, 0.15) is 0 Å². The SMILES string of the molecule is C=CCN1CC(Cc2ccccc2)NCC1(C)C1CC1. The topological polar surface area (TPSA) is 15.3 Å². The smallest absolute Gasteiger partial charge is 0.0337 e. The second kappa shape index (κ2) is 5.71. The molecule has 108 valence electrons. The molecule has 0 amide bonds. The van der Waals surface area contributed by atoms with Crippen molar-refractivity contribution >= 4 is 0 Å². The minimum atomic E-state index is 0.335. The molecule has 2 heteroatoms. The minimum Gasteiger partial charge on any atom is -0.311 e. The van der Waals surface area contributed by atoms with Crippen molar-refractivity contribution in [3.63, 3.8) is 0 Å². The van der Waals surface area contributed by atoms with Crippen LogP contribution in [0.15, 0.2) is 43.0 Å². The minimum absolute atomic E-state index is 0.335. The second-order valence-corrected chi connectivity index (χ2v) is 6.59. The molecule has 1 saturated carbocycles. The normalized spacial score (nSPS) is 31.1. The Morgan fingerprint density at radius 2 is 2.10 bits per heavy atom. The Kier molecular flexibility index (Phi) is 3.95. The average Bonchev–Trinajstić information content (AvgIpc) is 3.29. The van der Waals surface area contributed by atoms with Gasteiger partial charge < -0.3 is 5.32 Å². The Bertz CT molecular complexity index is 452. The van der Waals surface area contributed by atoms with E-state index in [4.69, 9.17) is 0 Å². The fraction of sp³-hybridized carbons (Fsp3) is 0.556. The third kappa shape index (κ3) is 2.82. The van der Waals surface area contributed by atoms with E-state index in [-0.39, 0.29) is 0 Å². The molecular weight excluding hydrogens is 244 g/mol. The molecule has 2 fully saturated rings. The summed E-state index contributed by atoms with van der Waals surface area (Å²) in [4.78, 5) is 2.65. The molecule has 0 bridgehead atoms. The lowest BCUT2D eigenvalue weighted by Gasteiger charge is -2.48. The van der Waals surface area contributed by atoms with Crippen molar-refractivity contribution in [1.29, 1.82) is 0 Å².